The normalized spacial score (nSPS) is 22.3. The number of esters is 1. The summed E-state index contributed by atoms with van der Waals surface area (Å²) in [7, 11) is 1.33. The number of halogens is 1. The molecule has 1 aliphatic carbocycles. The summed E-state index contributed by atoms with van der Waals surface area (Å²) >= 11 is 0. The van der Waals surface area contributed by atoms with Gasteiger partial charge in [0.1, 0.15) is 5.82 Å². The van der Waals surface area contributed by atoms with Crippen molar-refractivity contribution in [2.24, 2.45) is 5.92 Å². The molecule has 1 heterocycles. The molecule has 1 fully saturated rings. The highest BCUT2D eigenvalue weighted by molar-refractivity contribution is 6.12. The molecule has 35 heavy (non-hydrogen) atoms. The first-order chi connectivity index (χ1) is 16.8. The van der Waals surface area contributed by atoms with Crippen molar-refractivity contribution >= 4 is 23.3 Å². The van der Waals surface area contributed by atoms with Gasteiger partial charge in [-0.3, -0.25) is 4.79 Å². The number of carbonyl (C=O) groups excluding carboxylic acids is 2. The van der Waals surface area contributed by atoms with Gasteiger partial charge in [0.2, 0.25) is 5.91 Å². The Labute approximate surface area is 204 Å². The zero-order valence-corrected chi connectivity index (χ0v) is 19.8. The van der Waals surface area contributed by atoms with E-state index in [9.17, 15) is 14.0 Å². The monoisotopic (exact) mass is 468 g/mol. The Hall–Kier alpha value is -3.98. The van der Waals surface area contributed by atoms with E-state index in [0.29, 0.717) is 28.9 Å². The lowest BCUT2D eigenvalue weighted by Gasteiger charge is -2.27. The van der Waals surface area contributed by atoms with E-state index in [-0.39, 0.29) is 24.2 Å². The SMILES string of the molecule is [C-]#[N+]c1ccc([C@@]2(C(C)C)C[C@]23C(=O)N(Cc2cccc(C(=O)OC)c2)c2ccc(F)cc23)cc1. The molecule has 0 aromatic heterocycles. The fourth-order valence-corrected chi connectivity index (χ4v) is 5.98. The molecule has 2 aliphatic rings. The molecule has 176 valence electrons. The van der Waals surface area contributed by atoms with Gasteiger partial charge >= 0.3 is 5.97 Å². The summed E-state index contributed by atoms with van der Waals surface area (Å²) in [4.78, 5) is 31.4. The third-order valence-corrected chi connectivity index (χ3v) is 7.69. The van der Waals surface area contributed by atoms with Crippen molar-refractivity contribution in [3.8, 4) is 0 Å². The zero-order valence-electron chi connectivity index (χ0n) is 19.8. The molecule has 3 aromatic carbocycles. The number of carbonyl (C=O) groups is 2. The standard InChI is InChI=1S/C29H25FN2O3/c1-18(2)28(21-8-11-23(31-3)12-9-21)17-29(28)24-15-22(30)10-13-25(24)32(27(29)34)16-19-6-5-7-20(14-19)26(33)35-4/h5-15,18H,16-17H2,1-2,4H3/t28-,29-/m0/s1. The number of benzene rings is 3. The van der Waals surface area contributed by atoms with Gasteiger partial charge in [-0.1, -0.05) is 50.2 Å². The number of hydrogen-bond acceptors (Lipinski definition) is 3. The lowest BCUT2D eigenvalue weighted by Crippen LogP contribution is -2.38. The first-order valence-corrected chi connectivity index (χ1v) is 11.6. The lowest BCUT2D eigenvalue weighted by molar-refractivity contribution is -0.121. The summed E-state index contributed by atoms with van der Waals surface area (Å²) in [6.07, 6.45) is 0.572. The van der Waals surface area contributed by atoms with Crippen molar-refractivity contribution in [1.82, 2.24) is 0 Å². The number of rotatable bonds is 5. The van der Waals surface area contributed by atoms with Gasteiger partial charge in [-0.2, -0.15) is 0 Å². The number of methoxy groups -OCH3 is 1. The van der Waals surface area contributed by atoms with Gasteiger partial charge in [0.05, 0.1) is 31.2 Å². The van der Waals surface area contributed by atoms with E-state index >= 15 is 0 Å². The molecular formula is C29H25FN2O3. The second-order valence-corrected chi connectivity index (χ2v) is 9.61. The highest BCUT2D eigenvalue weighted by atomic mass is 19.1. The second-order valence-electron chi connectivity index (χ2n) is 9.61. The summed E-state index contributed by atoms with van der Waals surface area (Å²) in [5, 5.41) is 0. The van der Waals surface area contributed by atoms with Crippen LogP contribution in [-0.4, -0.2) is 19.0 Å². The predicted octanol–water partition coefficient (Wildman–Crippen LogP) is 5.95. The molecule has 5 nitrogen and oxygen atoms in total. The van der Waals surface area contributed by atoms with Crippen LogP contribution < -0.4 is 4.90 Å². The maximum absolute atomic E-state index is 14.5. The fourth-order valence-electron chi connectivity index (χ4n) is 5.98. The molecular weight excluding hydrogens is 443 g/mol. The van der Waals surface area contributed by atoms with Gasteiger partial charge < -0.3 is 9.64 Å². The summed E-state index contributed by atoms with van der Waals surface area (Å²) in [5.41, 5.74) is 2.74. The highest BCUT2D eigenvalue weighted by Gasteiger charge is 2.77. The molecule has 2 atom stereocenters. The Bertz CT molecular complexity index is 1390. The minimum absolute atomic E-state index is 0.0653. The molecule has 6 heteroatoms. The number of anilines is 1. The summed E-state index contributed by atoms with van der Waals surface area (Å²) in [6.45, 7) is 11.7. The number of nitrogens with zero attached hydrogens (tertiary/aromatic N) is 2. The molecule has 1 saturated carbocycles. The minimum atomic E-state index is -0.877. The van der Waals surface area contributed by atoms with E-state index in [2.05, 4.69) is 18.7 Å². The Balaban J connectivity index is 1.60. The van der Waals surface area contributed by atoms with Gasteiger partial charge in [0.25, 0.3) is 0 Å². The van der Waals surface area contributed by atoms with Crippen molar-refractivity contribution in [1.29, 1.82) is 0 Å². The lowest BCUT2D eigenvalue weighted by atomic mass is 9.75. The number of hydrogen-bond donors (Lipinski definition) is 0. The van der Waals surface area contributed by atoms with Crippen LogP contribution in [0, 0.1) is 18.3 Å². The van der Waals surface area contributed by atoms with Crippen LogP contribution in [0.4, 0.5) is 15.8 Å². The van der Waals surface area contributed by atoms with Gasteiger partial charge in [0.15, 0.2) is 5.69 Å². The number of amides is 1. The summed E-state index contributed by atoms with van der Waals surface area (Å²) in [5.74, 6) is -0.783. The van der Waals surface area contributed by atoms with Crippen LogP contribution in [0.3, 0.4) is 0 Å². The minimum Gasteiger partial charge on any atom is -0.465 e. The fraction of sp³-hybridized carbons (Fsp3) is 0.276. The van der Waals surface area contributed by atoms with Crippen molar-refractivity contribution < 1.29 is 18.7 Å². The molecule has 1 aliphatic heterocycles. The molecule has 3 aromatic rings. The van der Waals surface area contributed by atoms with Crippen molar-refractivity contribution in [3.05, 3.63) is 106 Å². The van der Waals surface area contributed by atoms with Gasteiger partial charge in [-0.05, 0) is 59.4 Å². The van der Waals surface area contributed by atoms with E-state index in [1.807, 2.05) is 18.2 Å². The number of fused-ring (bicyclic) bond motifs is 2. The van der Waals surface area contributed by atoms with E-state index < -0.39 is 16.8 Å². The van der Waals surface area contributed by atoms with Crippen LogP contribution >= 0.6 is 0 Å². The van der Waals surface area contributed by atoms with Crippen LogP contribution in [0.25, 0.3) is 4.85 Å². The highest BCUT2D eigenvalue weighted by Crippen LogP contribution is 2.73. The van der Waals surface area contributed by atoms with Gasteiger partial charge in [0, 0.05) is 11.1 Å². The topological polar surface area (TPSA) is 51.0 Å². The van der Waals surface area contributed by atoms with Gasteiger partial charge in [-0.25, -0.2) is 14.0 Å². The van der Waals surface area contributed by atoms with Crippen LogP contribution in [-0.2, 0) is 26.9 Å². The molecule has 0 saturated heterocycles. The Kier molecular flexibility index (Phi) is 5.25. The zero-order chi connectivity index (χ0) is 25.0. The van der Waals surface area contributed by atoms with E-state index in [0.717, 1.165) is 11.1 Å². The van der Waals surface area contributed by atoms with Crippen molar-refractivity contribution in [2.75, 3.05) is 12.0 Å². The Morgan fingerprint density at radius 2 is 1.89 bits per heavy atom. The third-order valence-electron chi connectivity index (χ3n) is 7.69. The van der Waals surface area contributed by atoms with Crippen molar-refractivity contribution in [2.45, 2.75) is 37.6 Å². The second kappa shape index (κ2) is 8.06. The maximum atomic E-state index is 14.5. The molecule has 5 rings (SSSR count). The quantitative estimate of drug-likeness (QED) is 0.344. The van der Waals surface area contributed by atoms with Crippen LogP contribution in [0.5, 0.6) is 0 Å². The molecule has 1 spiro atoms. The Morgan fingerprint density at radius 1 is 1.14 bits per heavy atom. The first-order valence-electron chi connectivity index (χ1n) is 11.6. The van der Waals surface area contributed by atoms with Crippen LogP contribution in [0.2, 0.25) is 0 Å². The molecule has 0 bridgehead atoms. The Morgan fingerprint density at radius 3 is 2.54 bits per heavy atom. The van der Waals surface area contributed by atoms with Crippen LogP contribution in [0.15, 0.2) is 66.7 Å². The average Bonchev–Trinajstić information content (AvgIpc) is 3.54. The molecule has 1 amide bonds. The summed E-state index contributed by atoms with van der Waals surface area (Å²) < 4.78 is 19.4. The van der Waals surface area contributed by atoms with E-state index in [1.165, 1.54) is 19.2 Å². The molecule has 0 radical (unpaired) electrons. The smallest absolute Gasteiger partial charge is 0.337 e. The van der Waals surface area contributed by atoms with Crippen LogP contribution in [0.1, 0.15) is 47.3 Å². The first kappa shape index (κ1) is 22.8. The third kappa shape index (κ3) is 3.19. The van der Waals surface area contributed by atoms with Crippen molar-refractivity contribution in [3.63, 3.8) is 0 Å². The number of ether oxygens (including phenoxy) is 1. The molecule has 0 N–H and O–H groups in total. The molecule has 0 unspecified atom stereocenters. The maximum Gasteiger partial charge on any atom is 0.337 e. The predicted molar refractivity (Wildman–Crippen MR) is 131 cm³/mol. The van der Waals surface area contributed by atoms with E-state index in [1.54, 1.807) is 41.3 Å². The largest absolute Gasteiger partial charge is 0.465 e. The summed E-state index contributed by atoms with van der Waals surface area (Å²) in [6, 6.07) is 19.0. The van der Waals surface area contributed by atoms with Gasteiger partial charge in [-0.15, -0.1) is 0 Å². The van der Waals surface area contributed by atoms with E-state index in [4.69, 9.17) is 11.3 Å². The average molecular weight is 469 g/mol.